The number of ether oxygens (including phenoxy) is 1. The quantitative estimate of drug-likeness (QED) is 0.366. The number of rotatable bonds is 11. The van der Waals surface area contributed by atoms with E-state index in [1.807, 2.05) is 39.0 Å². The monoisotopic (exact) mass is 467 g/mol. The van der Waals surface area contributed by atoms with Gasteiger partial charge in [0.25, 0.3) is 5.89 Å². The van der Waals surface area contributed by atoms with Crippen LogP contribution in [0, 0.1) is 6.92 Å². The molecule has 0 bridgehead atoms. The number of amides is 1. The summed E-state index contributed by atoms with van der Waals surface area (Å²) in [4.78, 5) is 26.9. The molecular weight excluding hydrogens is 438 g/mol. The number of carbonyl (C=O) groups is 2. The Bertz CT molecular complexity index is 1160. The van der Waals surface area contributed by atoms with Gasteiger partial charge < -0.3 is 24.8 Å². The van der Waals surface area contributed by atoms with Crippen LogP contribution in [0.3, 0.4) is 0 Å². The summed E-state index contributed by atoms with van der Waals surface area (Å²) in [5.41, 5.74) is 4.83. The number of aldehydes is 1. The lowest BCUT2D eigenvalue weighted by Gasteiger charge is -2.17. The molecule has 0 aliphatic carbocycles. The van der Waals surface area contributed by atoms with Crippen LogP contribution >= 0.6 is 0 Å². The predicted octanol–water partition coefficient (Wildman–Crippen LogP) is 2.50. The average Bonchev–Trinajstić information content (AvgIpc) is 3.35. The molecule has 1 atom stereocenters. The largest absolute Gasteiger partial charge is 0.490 e. The van der Waals surface area contributed by atoms with E-state index in [2.05, 4.69) is 15.5 Å². The van der Waals surface area contributed by atoms with E-state index in [1.54, 1.807) is 12.1 Å². The van der Waals surface area contributed by atoms with Crippen LogP contribution in [0.15, 0.2) is 34.9 Å². The second kappa shape index (κ2) is 11.5. The van der Waals surface area contributed by atoms with Crippen molar-refractivity contribution in [3.05, 3.63) is 52.6 Å². The number of aryl methyl sites for hydroxylation is 3. The van der Waals surface area contributed by atoms with E-state index < -0.39 is 18.6 Å². The van der Waals surface area contributed by atoms with Gasteiger partial charge in [-0.2, -0.15) is 4.98 Å². The molecule has 1 amide bonds. The van der Waals surface area contributed by atoms with E-state index in [4.69, 9.17) is 14.4 Å². The van der Waals surface area contributed by atoms with Gasteiger partial charge in [-0.25, -0.2) is 0 Å². The maximum Gasteiger partial charge on any atom is 0.258 e. The molecule has 0 aliphatic heterocycles. The van der Waals surface area contributed by atoms with Crippen LogP contribution in [0.5, 0.6) is 5.75 Å². The highest BCUT2D eigenvalue weighted by Gasteiger charge is 2.17. The van der Waals surface area contributed by atoms with Gasteiger partial charge in [-0.1, -0.05) is 25.1 Å². The van der Waals surface area contributed by atoms with Gasteiger partial charge in [0.05, 0.1) is 0 Å². The van der Waals surface area contributed by atoms with E-state index in [1.165, 1.54) is 0 Å². The van der Waals surface area contributed by atoms with Crippen LogP contribution in [0.1, 0.15) is 40.9 Å². The summed E-state index contributed by atoms with van der Waals surface area (Å²) in [6.07, 6.45) is 1.31. The summed E-state index contributed by atoms with van der Waals surface area (Å²) in [5.74, 6) is 0.897. The molecule has 9 nitrogen and oxygen atoms in total. The Balaban J connectivity index is 1.79. The molecule has 0 saturated heterocycles. The van der Waals surface area contributed by atoms with Crippen molar-refractivity contribution in [1.29, 1.82) is 0 Å². The second-order valence-corrected chi connectivity index (χ2v) is 7.87. The summed E-state index contributed by atoms with van der Waals surface area (Å²) >= 11 is 0. The fraction of sp³-hybridized carbons (Fsp3) is 0.360. The highest BCUT2D eigenvalue weighted by Crippen LogP contribution is 2.31. The molecule has 1 heterocycles. The molecule has 2 aromatic carbocycles. The van der Waals surface area contributed by atoms with Crippen molar-refractivity contribution >= 4 is 12.2 Å². The normalized spacial score (nSPS) is 11.8. The van der Waals surface area contributed by atoms with Crippen molar-refractivity contribution in [2.45, 2.75) is 39.7 Å². The SMILES string of the molecule is CCc1cc(-c2nc(-c3cc(C)c(OC[C@@H](O)CNC(=O)CO)c(CC)c3)no2)ccc1C=O. The second-order valence-electron chi connectivity index (χ2n) is 7.87. The zero-order valence-corrected chi connectivity index (χ0v) is 19.5. The number of aliphatic hydroxyl groups is 2. The lowest BCUT2D eigenvalue weighted by atomic mass is 10.0. The molecule has 0 unspecified atom stereocenters. The van der Waals surface area contributed by atoms with Crippen LogP contribution in [-0.2, 0) is 17.6 Å². The first-order valence-electron chi connectivity index (χ1n) is 11.1. The van der Waals surface area contributed by atoms with E-state index in [-0.39, 0.29) is 13.2 Å². The van der Waals surface area contributed by atoms with Crippen molar-refractivity contribution in [3.63, 3.8) is 0 Å². The van der Waals surface area contributed by atoms with Gasteiger partial charge in [0.2, 0.25) is 11.7 Å². The maximum atomic E-state index is 11.2. The minimum Gasteiger partial charge on any atom is -0.490 e. The Morgan fingerprint density at radius 3 is 2.59 bits per heavy atom. The molecule has 3 N–H and O–H groups in total. The Hall–Kier alpha value is -3.56. The predicted molar refractivity (Wildman–Crippen MR) is 126 cm³/mol. The fourth-order valence-corrected chi connectivity index (χ4v) is 3.59. The fourth-order valence-electron chi connectivity index (χ4n) is 3.59. The number of nitrogens with zero attached hydrogens (tertiary/aromatic N) is 2. The molecule has 3 rings (SSSR count). The Morgan fingerprint density at radius 2 is 1.91 bits per heavy atom. The molecule has 0 spiro atoms. The van der Waals surface area contributed by atoms with Gasteiger partial charge in [-0.15, -0.1) is 0 Å². The Kier molecular flexibility index (Phi) is 8.50. The number of nitrogens with one attached hydrogen (secondary N) is 1. The topological polar surface area (TPSA) is 135 Å². The lowest BCUT2D eigenvalue weighted by Crippen LogP contribution is -2.36. The molecule has 0 fully saturated rings. The summed E-state index contributed by atoms with van der Waals surface area (Å²) in [7, 11) is 0. The zero-order valence-electron chi connectivity index (χ0n) is 19.5. The van der Waals surface area contributed by atoms with E-state index in [9.17, 15) is 14.7 Å². The standard InChI is InChI=1S/C25H29N3O6/c1-4-16-9-18(6-7-19(16)12-29)25-27-24(28-34-25)20-8-15(3)23(17(5-2)10-20)33-14-21(31)11-26-22(32)13-30/h6-10,12,21,30-31H,4-5,11,13-14H2,1-3H3,(H,26,32)/t21-/m0/s1. The van der Waals surface area contributed by atoms with Crippen LogP contribution in [0.2, 0.25) is 0 Å². The van der Waals surface area contributed by atoms with Crippen LogP contribution in [0.4, 0.5) is 0 Å². The van der Waals surface area contributed by atoms with E-state index in [0.29, 0.717) is 35.9 Å². The number of hydrogen-bond donors (Lipinski definition) is 3. The Labute approximate surface area is 197 Å². The van der Waals surface area contributed by atoms with Gasteiger partial charge >= 0.3 is 0 Å². The third-order valence-electron chi connectivity index (χ3n) is 5.41. The van der Waals surface area contributed by atoms with Crippen molar-refractivity contribution < 1.29 is 29.1 Å². The third kappa shape index (κ3) is 5.86. The number of carbonyl (C=O) groups excluding carboxylic acids is 2. The van der Waals surface area contributed by atoms with E-state index >= 15 is 0 Å². The average molecular weight is 468 g/mol. The lowest BCUT2D eigenvalue weighted by molar-refractivity contribution is -0.124. The highest BCUT2D eigenvalue weighted by molar-refractivity contribution is 5.79. The molecule has 0 saturated carbocycles. The first-order valence-corrected chi connectivity index (χ1v) is 11.1. The summed E-state index contributed by atoms with van der Waals surface area (Å²) < 4.78 is 11.3. The molecule has 9 heteroatoms. The van der Waals surface area contributed by atoms with Crippen LogP contribution in [0.25, 0.3) is 22.8 Å². The molecule has 1 aromatic heterocycles. The van der Waals surface area contributed by atoms with Gasteiger partial charge in [-0.05, 0) is 60.7 Å². The zero-order chi connectivity index (χ0) is 24.7. The Morgan fingerprint density at radius 1 is 1.18 bits per heavy atom. The smallest absolute Gasteiger partial charge is 0.258 e. The van der Waals surface area contributed by atoms with Gasteiger partial charge in [-0.3, -0.25) is 9.59 Å². The number of aliphatic hydroxyl groups excluding tert-OH is 2. The number of hydrogen-bond acceptors (Lipinski definition) is 8. The number of benzene rings is 2. The van der Waals surface area contributed by atoms with Crippen molar-refractivity contribution in [1.82, 2.24) is 15.5 Å². The molecule has 0 aliphatic rings. The summed E-state index contributed by atoms with van der Waals surface area (Å²) in [5, 5.41) is 25.3. The first-order chi connectivity index (χ1) is 16.4. The van der Waals surface area contributed by atoms with Crippen LogP contribution < -0.4 is 10.1 Å². The summed E-state index contributed by atoms with van der Waals surface area (Å²) in [6, 6.07) is 9.23. The van der Waals surface area contributed by atoms with Gasteiger partial charge in [0, 0.05) is 23.2 Å². The maximum absolute atomic E-state index is 11.2. The van der Waals surface area contributed by atoms with E-state index in [0.717, 1.165) is 34.1 Å². The van der Waals surface area contributed by atoms with Gasteiger partial charge in [0.15, 0.2) is 0 Å². The number of aromatic nitrogens is 2. The highest BCUT2D eigenvalue weighted by atomic mass is 16.5. The van der Waals surface area contributed by atoms with Crippen molar-refractivity contribution in [2.24, 2.45) is 0 Å². The molecule has 3 aromatic rings. The summed E-state index contributed by atoms with van der Waals surface area (Å²) in [6.45, 7) is 5.21. The third-order valence-corrected chi connectivity index (χ3v) is 5.41. The minimum atomic E-state index is -0.919. The first kappa shape index (κ1) is 25.1. The molecule has 180 valence electrons. The van der Waals surface area contributed by atoms with Crippen molar-refractivity contribution in [2.75, 3.05) is 19.8 Å². The van der Waals surface area contributed by atoms with Crippen LogP contribution in [-0.4, -0.2) is 58.4 Å². The molecule has 0 radical (unpaired) electrons. The van der Waals surface area contributed by atoms with Gasteiger partial charge in [0.1, 0.15) is 31.4 Å². The minimum absolute atomic E-state index is 0.0121. The molecular formula is C25H29N3O6. The molecule has 34 heavy (non-hydrogen) atoms. The van der Waals surface area contributed by atoms with Crippen molar-refractivity contribution in [3.8, 4) is 28.6 Å².